The Balaban J connectivity index is 1.06. The molecule has 3 aromatic heterocycles. The van der Waals surface area contributed by atoms with E-state index in [1.807, 2.05) is 52.3 Å². The van der Waals surface area contributed by atoms with Crippen molar-refractivity contribution < 1.29 is 46.7 Å². The summed E-state index contributed by atoms with van der Waals surface area (Å²) in [6.45, 7) is 15.1. The maximum Gasteiger partial charge on any atom is 0.410 e. The average molecular weight is 943 g/mol. The van der Waals surface area contributed by atoms with E-state index in [1.54, 1.807) is 18.2 Å². The number of carbonyl (C=O) groups is 1. The lowest BCUT2D eigenvalue weighted by Crippen LogP contribution is -2.43. The van der Waals surface area contributed by atoms with E-state index in [9.17, 15) is 9.18 Å². The van der Waals surface area contributed by atoms with E-state index in [1.165, 1.54) is 6.20 Å². The van der Waals surface area contributed by atoms with Crippen molar-refractivity contribution in [1.82, 2.24) is 34.5 Å². The molecule has 1 unspecified atom stereocenters. The number of hydrogen-bond donors (Lipinski definition) is 0. The van der Waals surface area contributed by atoms with Crippen molar-refractivity contribution in [3.8, 4) is 23.1 Å². The fraction of sp³-hybridized carbons (Fsp3) is 0.688. The number of pyridine rings is 1. The molecule has 0 spiro atoms. The lowest BCUT2D eigenvalue weighted by atomic mass is 9.95. The maximum atomic E-state index is 17.6. The van der Waals surface area contributed by atoms with Crippen LogP contribution in [0.5, 0.6) is 11.9 Å². The SMILES string of the molecule is COCOC[C@H]1C[C@@H](COCCCCc2c(Cl)cc3c(cnn3C3CCCCO3)c2-c2ncc3c(OC(C)(C)C)nc(OC[C@@]45CCCN4C[C@H](F)C5)nc3c2F)N(C(=O)OC(C)(C)C)C1. The number of nitrogens with zero attached hydrogens (tertiary/aromatic N) is 7. The number of alkyl halides is 1. The zero-order chi connectivity index (χ0) is 46.8. The van der Waals surface area contributed by atoms with Crippen molar-refractivity contribution in [2.24, 2.45) is 5.92 Å². The maximum absolute atomic E-state index is 17.6. The third-order valence-electron chi connectivity index (χ3n) is 12.8. The average Bonchev–Trinajstić information content (AvgIpc) is 4.03. The minimum Gasteiger partial charge on any atom is -0.471 e. The number of methoxy groups -OCH3 is 1. The first-order chi connectivity index (χ1) is 31.5. The van der Waals surface area contributed by atoms with Crippen molar-refractivity contribution in [2.75, 3.05) is 66.6 Å². The molecule has 4 aliphatic rings. The Hall–Kier alpha value is -4.00. The Morgan fingerprint density at radius 2 is 1.85 bits per heavy atom. The Bertz CT molecular complexity index is 2340. The van der Waals surface area contributed by atoms with Gasteiger partial charge in [-0.1, -0.05) is 11.6 Å². The second-order valence-electron chi connectivity index (χ2n) is 20.3. The molecule has 5 atom stereocenters. The highest BCUT2D eigenvalue weighted by molar-refractivity contribution is 6.33. The molecular weight excluding hydrogens is 876 g/mol. The van der Waals surface area contributed by atoms with Crippen LogP contribution in [0.15, 0.2) is 18.5 Å². The molecule has 0 bridgehead atoms. The van der Waals surface area contributed by atoms with Crippen molar-refractivity contribution in [1.29, 1.82) is 0 Å². The lowest BCUT2D eigenvalue weighted by Gasteiger charge is -2.31. The number of aromatic nitrogens is 5. The van der Waals surface area contributed by atoms with Gasteiger partial charge in [-0.25, -0.2) is 18.3 Å². The molecule has 4 fully saturated rings. The highest BCUT2D eigenvalue weighted by atomic mass is 35.5. The van der Waals surface area contributed by atoms with Crippen LogP contribution in [0.3, 0.4) is 0 Å². The van der Waals surface area contributed by atoms with Crippen LogP contribution in [0.2, 0.25) is 5.02 Å². The van der Waals surface area contributed by atoms with E-state index < -0.39 is 28.7 Å². The normalized spacial score (nSPS) is 23.9. The molecule has 8 rings (SSSR count). The summed E-state index contributed by atoms with van der Waals surface area (Å²) in [5.41, 5.74) is 0.189. The summed E-state index contributed by atoms with van der Waals surface area (Å²) >= 11 is 7.23. The van der Waals surface area contributed by atoms with Gasteiger partial charge in [0.05, 0.1) is 41.9 Å². The molecular formula is C48H66ClF2N7O8. The van der Waals surface area contributed by atoms with E-state index in [0.29, 0.717) is 98.7 Å². The number of carbonyl (C=O) groups excluding carboxylic acids is 1. The van der Waals surface area contributed by atoms with Gasteiger partial charge in [-0.3, -0.25) is 9.88 Å². The molecule has 1 aromatic carbocycles. The second-order valence-corrected chi connectivity index (χ2v) is 20.7. The van der Waals surface area contributed by atoms with Gasteiger partial charge in [0.15, 0.2) is 12.0 Å². The topological polar surface area (TPSA) is 145 Å². The summed E-state index contributed by atoms with van der Waals surface area (Å²) in [6.07, 6.45) is 9.07. The standard InChI is InChI=1S/C48H66ClF2N7O8/c1-46(2,3)65-43-35-22-52-42(40(51)41(35)54-44(55-43)64-28-48-15-12-16-56(48)25-31(50)21-48)39-33(36(49)20-37-34(39)23-53-58(37)38-14-9-11-18-63-38)13-8-10-17-61-27-32-19-30(26-62-29-60-7)24-57(32)45(59)66-47(4,5)6/h20,22-23,30-32,38H,8-19,21,24-29H2,1-7H3/t30-,31+,32-,38?,48-/m0/s1. The van der Waals surface area contributed by atoms with Crippen molar-refractivity contribution in [3.05, 3.63) is 34.9 Å². The summed E-state index contributed by atoms with van der Waals surface area (Å²) in [4.78, 5) is 31.2. The molecule has 0 N–H and O–H groups in total. The number of hydrogen-bond acceptors (Lipinski definition) is 13. The van der Waals surface area contributed by atoms with Gasteiger partial charge in [0.2, 0.25) is 5.88 Å². The van der Waals surface area contributed by atoms with Crippen LogP contribution in [0, 0.1) is 11.7 Å². The number of benzene rings is 1. The van der Waals surface area contributed by atoms with Crippen LogP contribution in [0.1, 0.15) is 111 Å². The van der Waals surface area contributed by atoms with Crippen LogP contribution in [0.25, 0.3) is 33.1 Å². The van der Waals surface area contributed by atoms with Gasteiger partial charge in [0.25, 0.3) is 0 Å². The molecule has 0 aliphatic carbocycles. The smallest absolute Gasteiger partial charge is 0.410 e. The van der Waals surface area contributed by atoms with Gasteiger partial charge in [0.1, 0.15) is 42.0 Å². The number of fused-ring (bicyclic) bond motifs is 3. The molecule has 7 heterocycles. The molecule has 0 saturated carbocycles. The number of amides is 1. The predicted molar refractivity (Wildman–Crippen MR) is 245 cm³/mol. The van der Waals surface area contributed by atoms with Gasteiger partial charge < -0.3 is 38.1 Å². The number of halogens is 3. The molecule has 4 aliphatic heterocycles. The number of likely N-dealkylation sites (tertiary alicyclic amines) is 1. The molecule has 18 heteroatoms. The van der Waals surface area contributed by atoms with E-state index in [0.717, 1.165) is 38.6 Å². The quantitative estimate of drug-likeness (QED) is 0.0733. The molecule has 0 radical (unpaired) electrons. The number of unbranched alkanes of at least 4 members (excludes halogenated alkanes) is 1. The third-order valence-corrected chi connectivity index (χ3v) is 13.2. The Kier molecular flexibility index (Phi) is 14.9. The van der Waals surface area contributed by atoms with E-state index in [-0.39, 0.29) is 66.2 Å². The molecule has 362 valence electrons. The van der Waals surface area contributed by atoms with Gasteiger partial charge in [-0.05, 0) is 118 Å². The van der Waals surface area contributed by atoms with Gasteiger partial charge in [-0.15, -0.1) is 0 Å². The largest absolute Gasteiger partial charge is 0.471 e. The summed E-state index contributed by atoms with van der Waals surface area (Å²) in [5, 5.41) is 6.19. The fourth-order valence-corrected chi connectivity index (χ4v) is 10.3. The summed E-state index contributed by atoms with van der Waals surface area (Å²) in [7, 11) is 1.58. The zero-order valence-corrected chi connectivity index (χ0v) is 40.3. The molecule has 15 nitrogen and oxygen atoms in total. The zero-order valence-electron chi connectivity index (χ0n) is 39.5. The highest BCUT2D eigenvalue weighted by Gasteiger charge is 2.49. The van der Waals surface area contributed by atoms with Crippen LogP contribution < -0.4 is 9.47 Å². The first kappa shape index (κ1) is 48.5. The molecule has 66 heavy (non-hydrogen) atoms. The Morgan fingerprint density at radius 1 is 1.02 bits per heavy atom. The van der Waals surface area contributed by atoms with Crippen molar-refractivity contribution >= 4 is 39.5 Å². The Morgan fingerprint density at radius 3 is 2.61 bits per heavy atom. The fourth-order valence-electron chi connectivity index (χ4n) is 9.98. The first-order valence-corrected chi connectivity index (χ1v) is 23.9. The van der Waals surface area contributed by atoms with E-state index in [2.05, 4.69) is 14.9 Å². The third kappa shape index (κ3) is 11.0. The van der Waals surface area contributed by atoms with Gasteiger partial charge in [0, 0.05) is 67.9 Å². The molecule has 4 saturated heterocycles. The number of ether oxygens (including phenoxy) is 7. The van der Waals surface area contributed by atoms with Crippen LogP contribution in [-0.2, 0) is 30.1 Å². The van der Waals surface area contributed by atoms with E-state index in [4.69, 9.17) is 54.8 Å². The second kappa shape index (κ2) is 20.3. The molecule has 1 amide bonds. The Labute approximate surface area is 391 Å². The van der Waals surface area contributed by atoms with Crippen molar-refractivity contribution in [3.63, 3.8) is 0 Å². The summed E-state index contributed by atoms with van der Waals surface area (Å²) in [5.74, 6) is -0.426. The summed E-state index contributed by atoms with van der Waals surface area (Å²) < 4.78 is 75.5. The minimum atomic E-state index is -0.934. The van der Waals surface area contributed by atoms with Crippen LogP contribution in [0.4, 0.5) is 13.6 Å². The molecule has 4 aromatic rings. The monoisotopic (exact) mass is 941 g/mol. The minimum absolute atomic E-state index is 0.0184. The van der Waals surface area contributed by atoms with Crippen LogP contribution >= 0.6 is 11.6 Å². The summed E-state index contributed by atoms with van der Waals surface area (Å²) in [6, 6.07) is 1.66. The number of rotatable bonds is 17. The van der Waals surface area contributed by atoms with Crippen molar-refractivity contribution in [2.45, 2.75) is 141 Å². The highest BCUT2D eigenvalue weighted by Crippen LogP contribution is 2.43. The van der Waals surface area contributed by atoms with Gasteiger partial charge in [-0.2, -0.15) is 15.1 Å². The first-order valence-electron chi connectivity index (χ1n) is 23.5. The predicted octanol–water partition coefficient (Wildman–Crippen LogP) is 9.25. The van der Waals surface area contributed by atoms with Crippen LogP contribution in [-0.4, -0.2) is 136 Å². The lowest BCUT2D eigenvalue weighted by molar-refractivity contribution is -0.0424. The van der Waals surface area contributed by atoms with Gasteiger partial charge >= 0.3 is 12.1 Å². The van der Waals surface area contributed by atoms with E-state index >= 15 is 4.39 Å².